The van der Waals surface area contributed by atoms with Gasteiger partial charge >= 0.3 is 0 Å². The van der Waals surface area contributed by atoms with E-state index in [4.69, 9.17) is 0 Å². The molecular weight excluding hydrogens is 250 g/mol. The Balaban J connectivity index is 2.05. The molecule has 0 saturated carbocycles. The number of carbonyl (C=O) groups is 1. The lowest BCUT2D eigenvalue weighted by molar-refractivity contribution is 0.0991. The van der Waals surface area contributed by atoms with Gasteiger partial charge in [-0.2, -0.15) is 0 Å². The number of imidazole rings is 1. The van der Waals surface area contributed by atoms with E-state index in [1.807, 2.05) is 55.1 Å². The van der Waals surface area contributed by atoms with Crippen LogP contribution in [0.4, 0.5) is 0 Å². The number of aromatic nitrogens is 3. The third-order valence-electron chi connectivity index (χ3n) is 3.38. The van der Waals surface area contributed by atoms with Crippen molar-refractivity contribution in [2.45, 2.75) is 13.3 Å². The van der Waals surface area contributed by atoms with Gasteiger partial charge in [-0.15, -0.1) is 0 Å². The fourth-order valence-corrected chi connectivity index (χ4v) is 2.34. The number of hydrogen-bond acceptors (Lipinski definition) is 3. The van der Waals surface area contributed by atoms with Crippen molar-refractivity contribution in [3.8, 4) is 0 Å². The molecule has 0 spiro atoms. The summed E-state index contributed by atoms with van der Waals surface area (Å²) in [4.78, 5) is 21.2. The first-order chi connectivity index (χ1) is 9.65. The molecule has 0 aliphatic carbocycles. The number of rotatable bonds is 3. The molecule has 0 amide bonds. The number of carbonyl (C=O) groups excluding carboxylic acids is 1. The minimum Gasteiger partial charge on any atom is -0.338 e. The van der Waals surface area contributed by atoms with Crippen LogP contribution in [-0.4, -0.2) is 20.3 Å². The number of fused-ring (bicyclic) bond motifs is 1. The first-order valence-corrected chi connectivity index (χ1v) is 6.51. The smallest absolute Gasteiger partial charge is 0.171 e. The van der Waals surface area contributed by atoms with E-state index in [2.05, 4.69) is 9.97 Å². The average molecular weight is 265 g/mol. The van der Waals surface area contributed by atoms with Gasteiger partial charge in [0.25, 0.3) is 0 Å². The Morgan fingerprint density at radius 2 is 2.10 bits per heavy atom. The zero-order chi connectivity index (χ0) is 14.1. The zero-order valence-electron chi connectivity index (χ0n) is 11.5. The van der Waals surface area contributed by atoms with Gasteiger partial charge < -0.3 is 4.57 Å². The van der Waals surface area contributed by atoms with E-state index in [0.717, 1.165) is 28.0 Å². The highest BCUT2D eigenvalue weighted by atomic mass is 16.1. The number of benzene rings is 1. The molecule has 1 aromatic carbocycles. The molecule has 3 rings (SSSR count). The van der Waals surface area contributed by atoms with Crippen LogP contribution in [0.25, 0.3) is 10.9 Å². The Kier molecular flexibility index (Phi) is 3.06. The summed E-state index contributed by atoms with van der Waals surface area (Å²) >= 11 is 0. The fourth-order valence-electron chi connectivity index (χ4n) is 2.34. The molecule has 4 nitrogen and oxygen atoms in total. The lowest BCUT2D eigenvalue weighted by Gasteiger charge is -2.07. The summed E-state index contributed by atoms with van der Waals surface area (Å²) in [5.41, 5.74) is 2.43. The molecule has 0 bridgehead atoms. The second-order valence-corrected chi connectivity index (χ2v) is 4.88. The van der Waals surface area contributed by atoms with Crippen LogP contribution in [0.5, 0.6) is 0 Å². The number of aryl methyl sites for hydroxylation is 2. The van der Waals surface area contributed by atoms with Crippen LogP contribution in [0.1, 0.15) is 21.9 Å². The second-order valence-electron chi connectivity index (χ2n) is 4.88. The summed E-state index contributed by atoms with van der Waals surface area (Å²) in [6, 6.07) is 9.58. The van der Waals surface area contributed by atoms with Gasteiger partial charge in [-0.25, -0.2) is 4.98 Å². The van der Waals surface area contributed by atoms with Crippen LogP contribution in [0.3, 0.4) is 0 Å². The van der Waals surface area contributed by atoms with E-state index in [1.165, 1.54) is 0 Å². The molecule has 2 heterocycles. The molecule has 0 N–H and O–H groups in total. The SMILES string of the molecule is Cc1cc(C(=O)Cc2nccn2C)c2ccccc2n1. The molecule has 2 aromatic heterocycles. The lowest BCUT2D eigenvalue weighted by atomic mass is 10.0. The molecule has 100 valence electrons. The van der Waals surface area contributed by atoms with Gasteiger partial charge in [-0.05, 0) is 19.1 Å². The highest BCUT2D eigenvalue weighted by Gasteiger charge is 2.14. The minimum absolute atomic E-state index is 0.0704. The average Bonchev–Trinajstić information content (AvgIpc) is 2.83. The number of pyridine rings is 1. The Bertz CT molecular complexity index is 789. The van der Waals surface area contributed by atoms with Crippen LogP contribution in [0.2, 0.25) is 0 Å². The second kappa shape index (κ2) is 4.89. The van der Waals surface area contributed by atoms with Gasteiger partial charge in [0.05, 0.1) is 11.9 Å². The van der Waals surface area contributed by atoms with Crippen molar-refractivity contribution in [3.63, 3.8) is 0 Å². The van der Waals surface area contributed by atoms with Gasteiger partial charge in [-0.1, -0.05) is 18.2 Å². The van der Waals surface area contributed by atoms with E-state index < -0.39 is 0 Å². The van der Waals surface area contributed by atoms with E-state index in [9.17, 15) is 4.79 Å². The van der Waals surface area contributed by atoms with Gasteiger partial charge in [0.1, 0.15) is 5.82 Å². The molecule has 0 saturated heterocycles. The standard InChI is InChI=1S/C16H15N3O/c1-11-9-13(12-5-3-4-6-14(12)18-11)15(20)10-16-17-7-8-19(16)2/h3-9H,10H2,1-2H3. The van der Waals surface area contributed by atoms with E-state index >= 15 is 0 Å². The fraction of sp³-hybridized carbons (Fsp3) is 0.188. The summed E-state index contributed by atoms with van der Waals surface area (Å²) < 4.78 is 1.87. The molecular formula is C16H15N3O. The van der Waals surface area contributed by atoms with Crippen LogP contribution in [0.15, 0.2) is 42.7 Å². The highest BCUT2D eigenvalue weighted by Crippen LogP contribution is 2.19. The maximum absolute atomic E-state index is 12.5. The molecule has 0 radical (unpaired) electrons. The Morgan fingerprint density at radius 3 is 2.85 bits per heavy atom. The first kappa shape index (κ1) is 12.5. The van der Waals surface area contributed by atoms with E-state index in [-0.39, 0.29) is 5.78 Å². The molecule has 20 heavy (non-hydrogen) atoms. The summed E-state index contributed by atoms with van der Waals surface area (Å²) in [7, 11) is 1.89. The summed E-state index contributed by atoms with van der Waals surface area (Å²) in [5.74, 6) is 0.842. The molecule has 0 unspecified atom stereocenters. The number of ketones is 1. The van der Waals surface area contributed by atoms with Crippen molar-refractivity contribution in [1.29, 1.82) is 0 Å². The summed E-state index contributed by atoms with van der Waals surface area (Å²) in [5, 5.41) is 0.900. The van der Waals surface area contributed by atoms with Crippen molar-refractivity contribution in [2.75, 3.05) is 0 Å². The topological polar surface area (TPSA) is 47.8 Å². The Hall–Kier alpha value is -2.49. The van der Waals surface area contributed by atoms with Gasteiger partial charge in [-0.3, -0.25) is 9.78 Å². The molecule has 0 fully saturated rings. The highest BCUT2D eigenvalue weighted by molar-refractivity contribution is 6.07. The predicted molar refractivity (Wildman–Crippen MR) is 77.7 cm³/mol. The normalized spacial score (nSPS) is 10.9. The minimum atomic E-state index is 0.0704. The predicted octanol–water partition coefficient (Wildman–Crippen LogP) is 2.70. The van der Waals surface area contributed by atoms with Gasteiger partial charge in [0, 0.05) is 36.1 Å². The van der Waals surface area contributed by atoms with Gasteiger partial charge in [0.15, 0.2) is 5.78 Å². The Morgan fingerprint density at radius 1 is 1.30 bits per heavy atom. The maximum Gasteiger partial charge on any atom is 0.171 e. The molecule has 4 heteroatoms. The van der Waals surface area contributed by atoms with Crippen LogP contribution in [0, 0.1) is 6.92 Å². The molecule has 0 aliphatic rings. The van der Waals surface area contributed by atoms with Crippen molar-refractivity contribution in [2.24, 2.45) is 7.05 Å². The van der Waals surface area contributed by atoms with Crippen LogP contribution in [-0.2, 0) is 13.5 Å². The van der Waals surface area contributed by atoms with Crippen LogP contribution >= 0.6 is 0 Å². The van der Waals surface area contributed by atoms with E-state index in [0.29, 0.717) is 6.42 Å². The van der Waals surface area contributed by atoms with Crippen molar-refractivity contribution >= 4 is 16.7 Å². The zero-order valence-corrected chi connectivity index (χ0v) is 11.5. The van der Waals surface area contributed by atoms with Gasteiger partial charge in [0.2, 0.25) is 0 Å². The number of hydrogen-bond donors (Lipinski definition) is 0. The Labute approximate surface area is 117 Å². The third-order valence-corrected chi connectivity index (χ3v) is 3.38. The van der Waals surface area contributed by atoms with Crippen molar-refractivity contribution < 1.29 is 4.79 Å². The molecule has 0 atom stereocenters. The monoisotopic (exact) mass is 265 g/mol. The number of para-hydroxylation sites is 1. The van der Waals surface area contributed by atoms with Crippen molar-refractivity contribution in [3.05, 3.63) is 59.8 Å². The largest absolute Gasteiger partial charge is 0.338 e. The third kappa shape index (κ3) is 2.20. The summed E-state index contributed by atoms with van der Waals surface area (Å²) in [6.45, 7) is 1.91. The van der Waals surface area contributed by atoms with E-state index in [1.54, 1.807) is 6.20 Å². The molecule has 3 aromatic rings. The van der Waals surface area contributed by atoms with Crippen LogP contribution < -0.4 is 0 Å². The summed E-state index contributed by atoms with van der Waals surface area (Å²) in [6.07, 6.45) is 3.86. The first-order valence-electron chi connectivity index (χ1n) is 6.51. The maximum atomic E-state index is 12.5. The number of Topliss-reactive ketones (excluding diaryl/α,β-unsaturated/α-hetero) is 1. The lowest BCUT2D eigenvalue weighted by Crippen LogP contribution is -2.09. The van der Waals surface area contributed by atoms with Crippen molar-refractivity contribution in [1.82, 2.24) is 14.5 Å². The quantitative estimate of drug-likeness (QED) is 0.684. The molecule has 0 aliphatic heterocycles. The number of nitrogens with zero attached hydrogens (tertiary/aromatic N) is 3.